The summed E-state index contributed by atoms with van der Waals surface area (Å²) in [4.78, 5) is 55.5. The smallest absolute Gasteiger partial charge is 0.305 e. The van der Waals surface area contributed by atoms with Crippen molar-refractivity contribution in [3.05, 3.63) is 79.8 Å². The summed E-state index contributed by atoms with van der Waals surface area (Å²) in [6, 6.07) is 16.2. The number of hydrogen-bond acceptors (Lipinski definition) is 7. The summed E-state index contributed by atoms with van der Waals surface area (Å²) < 4.78 is 6.05. The number of rotatable bonds is 7. The van der Waals surface area contributed by atoms with Gasteiger partial charge in [0.1, 0.15) is 12.4 Å². The van der Waals surface area contributed by atoms with Gasteiger partial charge in [-0.3, -0.25) is 24.1 Å². The first-order valence-electron chi connectivity index (χ1n) is 13.5. The number of hydrogen-bond donors (Lipinski definition) is 2. The van der Waals surface area contributed by atoms with Crippen LogP contribution in [-0.4, -0.2) is 44.6 Å². The SMILES string of the molecule is Cc1cccc(COc2ccc([C@H]3c4sc(=O)[nH]c4SC4C5CC(C6C(=O)N(CCC(=O)O)C(=O)C56)C43)cc2)c1. The lowest BCUT2D eigenvalue weighted by atomic mass is 9.68. The second-order valence-electron chi connectivity index (χ2n) is 11.3. The van der Waals surface area contributed by atoms with Crippen molar-refractivity contribution < 1.29 is 24.2 Å². The number of amides is 2. The Balaban J connectivity index is 1.18. The third-order valence-corrected chi connectivity index (χ3v) is 11.7. The van der Waals surface area contributed by atoms with Gasteiger partial charge in [0.15, 0.2) is 0 Å². The van der Waals surface area contributed by atoms with Gasteiger partial charge in [0.2, 0.25) is 11.8 Å². The van der Waals surface area contributed by atoms with Gasteiger partial charge in [-0.25, -0.2) is 0 Å². The molecule has 0 radical (unpaired) electrons. The Labute approximate surface area is 238 Å². The van der Waals surface area contributed by atoms with Gasteiger partial charge in [-0.15, -0.1) is 11.8 Å². The molecule has 7 rings (SSSR count). The van der Waals surface area contributed by atoms with Gasteiger partial charge in [0, 0.05) is 22.6 Å². The van der Waals surface area contributed by atoms with Crippen molar-refractivity contribution in [2.24, 2.45) is 29.6 Å². The Kier molecular flexibility index (Phi) is 6.16. The standard InChI is InChI=1S/C30H28N2O6S2/c1-14-3-2-4-15(11-14)13-38-17-7-5-16(6-8-17)21-22-18-12-19(25(22)39-27-26(21)40-30(37)31-27)24-23(18)28(35)32(29(24)36)10-9-20(33)34/h2-8,11,18-19,21-25H,9-10,12-13H2,1H3,(H,31,37)(H,33,34)/t18?,19?,21-,22?,23?,24?,25?/m1/s1. The number of imide groups is 1. The van der Waals surface area contributed by atoms with Crippen LogP contribution >= 0.6 is 23.1 Å². The number of aromatic amines is 1. The summed E-state index contributed by atoms with van der Waals surface area (Å²) in [5.74, 6) is -1.46. The first kappa shape index (κ1) is 25.6. The van der Waals surface area contributed by atoms with E-state index in [1.54, 1.807) is 11.8 Å². The molecule has 2 aliphatic carbocycles. The number of H-pyrrole nitrogens is 1. The van der Waals surface area contributed by atoms with Crippen molar-refractivity contribution >= 4 is 40.9 Å². The maximum Gasteiger partial charge on any atom is 0.305 e. The Morgan fingerprint density at radius 3 is 2.55 bits per heavy atom. The Bertz CT molecular complexity index is 1580. The maximum atomic E-state index is 13.5. The third-order valence-electron chi connectivity index (χ3n) is 9.09. The average Bonchev–Trinajstić information content (AvgIpc) is 3.66. The maximum absolute atomic E-state index is 13.5. The predicted octanol–water partition coefficient (Wildman–Crippen LogP) is 4.27. The van der Waals surface area contributed by atoms with Gasteiger partial charge in [-0.2, -0.15) is 0 Å². The van der Waals surface area contributed by atoms with E-state index in [0.717, 1.165) is 33.2 Å². The van der Waals surface area contributed by atoms with Crippen LogP contribution in [0.5, 0.6) is 5.75 Å². The number of thiazole rings is 1. The van der Waals surface area contributed by atoms with E-state index in [0.29, 0.717) is 6.61 Å². The minimum absolute atomic E-state index is 0.00590. The average molecular weight is 577 g/mol. The molecule has 1 aromatic heterocycles. The van der Waals surface area contributed by atoms with Crippen LogP contribution in [0.1, 0.15) is 40.3 Å². The molecule has 2 amide bonds. The molecule has 8 nitrogen and oxygen atoms in total. The van der Waals surface area contributed by atoms with Crippen LogP contribution in [0.25, 0.3) is 0 Å². The Morgan fingerprint density at radius 2 is 1.82 bits per heavy atom. The van der Waals surface area contributed by atoms with E-state index in [1.807, 2.05) is 24.3 Å². The van der Waals surface area contributed by atoms with Gasteiger partial charge in [0.05, 0.1) is 23.3 Å². The third kappa shape index (κ3) is 4.03. The van der Waals surface area contributed by atoms with E-state index in [4.69, 9.17) is 9.84 Å². The number of thioether (sulfide) groups is 1. The van der Waals surface area contributed by atoms with Crippen molar-refractivity contribution in [1.82, 2.24) is 9.88 Å². The number of aryl methyl sites for hydroxylation is 1. The van der Waals surface area contributed by atoms with Crippen LogP contribution in [-0.2, 0) is 21.0 Å². The zero-order valence-electron chi connectivity index (χ0n) is 21.7. The number of nitrogens with one attached hydrogen (secondary N) is 1. The van der Waals surface area contributed by atoms with Crippen molar-refractivity contribution in [3.8, 4) is 5.75 Å². The lowest BCUT2D eigenvalue weighted by Crippen LogP contribution is -2.42. The van der Waals surface area contributed by atoms with E-state index < -0.39 is 17.8 Å². The zero-order valence-corrected chi connectivity index (χ0v) is 23.4. The second kappa shape index (κ2) is 9.62. The van der Waals surface area contributed by atoms with Gasteiger partial charge in [-0.05, 0) is 54.4 Å². The highest BCUT2D eigenvalue weighted by molar-refractivity contribution is 8.00. The summed E-state index contributed by atoms with van der Waals surface area (Å²) in [5, 5.41) is 10.1. The lowest BCUT2D eigenvalue weighted by molar-refractivity contribution is -0.142. The highest BCUT2D eigenvalue weighted by Crippen LogP contribution is 2.68. The van der Waals surface area contributed by atoms with Crippen molar-refractivity contribution in [2.45, 2.75) is 42.6 Å². The molecular formula is C30H28N2O6S2. The predicted molar refractivity (Wildman–Crippen MR) is 149 cm³/mol. The first-order valence-corrected chi connectivity index (χ1v) is 15.2. The van der Waals surface area contributed by atoms with Crippen molar-refractivity contribution in [1.29, 1.82) is 0 Å². The number of carbonyl (C=O) groups excluding carboxylic acids is 2. The Morgan fingerprint density at radius 1 is 1.07 bits per heavy atom. The van der Waals surface area contributed by atoms with Gasteiger partial charge >= 0.3 is 10.8 Å². The number of benzene rings is 2. The van der Waals surface area contributed by atoms with Crippen LogP contribution in [0.4, 0.5) is 0 Å². The van der Waals surface area contributed by atoms with E-state index in [1.165, 1.54) is 21.8 Å². The summed E-state index contributed by atoms with van der Waals surface area (Å²) in [6.45, 7) is 2.45. The van der Waals surface area contributed by atoms with E-state index in [2.05, 4.69) is 36.2 Å². The summed E-state index contributed by atoms with van der Waals surface area (Å²) in [6.07, 6.45) is 0.558. The lowest BCUT2D eigenvalue weighted by Gasteiger charge is -2.43. The summed E-state index contributed by atoms with van der Waals surface area (Å²) in [5.41, 5.74) is 3.35. The normalized spacial score (nSPS) is 29.8. The molecule has 10 heteroatoms. The van der Waals surface area contributed by atoms with Crippen LogP contribution in [0.2, 0.25) is 0 Å². The number of aromatic nitrogens is 1. The van der Waals surface area contributed by atoms with E-state index in [-0.39, 0.29) is 58.6 Å². The largest absolute Gasteiger partial charge is 0.489 e. The quantitative estimate of drug-likeness (QED) is 0.404. The number of carbonyl (C=O) groups is 3. The number of likely N-dealkylation sites (tertiary alicyclic amines) is 1. The first-order chi connectivity index (χ1) is 19.3. The number of aliphatic carboxylic acids is 1. The van der Waals surface area contributed by atoms with Gasteiger partial charge in [0.25, 0.3) is 0 Å². The minimum atomic E-state index is -1.02. The molecule has 40 heavy (non-hydrogen) atoms. The molecule has 0 spiro atoms. The van der Waals surface area contributed by atoms with Crippen LogP contribution in [0, 0.1) is 36.5 Å². The van der Waals surface area contributed by atoms with E-state index >= 15 is 0 Å². The fourth-order valence-corrected chi connectivity index (χ4v) is 10.5. The minimum Gasteiger partial charge on any atom is -0.489 e. The monoisotopic (exact) mass is 576 g/mol. The number of carboxylic acid groups (broad SMARTS) is 1. The van der Waals surface area contributed by atoms with Crippen LogP contribution < -0.4 is 9.61 Å². The van der Waals surface area contributed by atoms with Crippen molar-refractivity contribution in [2.75, 3.05) is 6.54 Å². The van der Waals surface area contributed by atoms with Crippen LogP contribution in [0.3, 0.4) is 0 Å². The molecular weight excluding hydrogens is 548 g/mol. The molecule has 4 aliphatic rings. The molecule has 3 heterocycles. The van der Waals surface area contributed by atoms with E-state index in [9.17, 15) is 19.2 Å². The summed E-state index contributed by atoms with van der Waals surface area (Å²) >= 11 is 2.88. The highest BCUT2D eigenvalue weighted by Gasteiger charge is 2.69. The fraction of sp³-hybridized carbons (Fsp3) is 0.400. The molecule has 2 N–H and O–H groups in total. The molecule has 206 valence electrons. The topological polar surface area (TPSA) is 117 Å². The summed E-state index contributed by atoms with van der Waals surface area (Å²) in [7, 11) is 0. The molecule has 2 aromatic carbocycles. The molecule has 1 saturated heterocycles. The second-order valence-corrected chi connectivity index (χ2v) is 13.5. The number of nitrogens with zero attached hydrogens (tertiary/aromatic N) is 1. The molecule has 7 atom stereocenters. The molecule has 3 fully saturated rings. The van der Waals surface area contributed by atoms with Crippen molar-refractivity contribution in [3.63, 3.8) is 0 Å². The highest BCUT2D eigenvalue weighted by atomic mass is 32.2. The van der Waals surface area contributed by atoms with Gasteiger partial charge in [-0.1, -0.05) is 53.3 Å². The molecule has 2 bridgehead atoms. The number of fused-ring (bicyclic) bond motifs is 9. The van der Waals surface area contributed by atoms with Crippen LogP contribution in [0.15, 0.2) is 58.4 Å². The molecule has 3 aromatic rings. The number of carboxylic acids is 1. The molecule has 2 saturated carbocycles. The molecule has 6 unspecified atom stereocenters. The molecule has 2 aliphatic heterocycles. The fourth-order valence-electron chi connectivity index (χ4n) is 7.62. The Hall–Kier alpha value is -3.37. The van der Waals surface area contributed by atoms with Gasteiger partial charge < -0.3 is 14.8 Å². The number of ether oxygens (including phenoxy) is 1. The zero-order chi connectivity index (χ0) is 27.7.